The number of benzene rings is 1. The Morgan fingerprint density at radius 2 is 1.62 bits per heavy atom. The van der Waals surface area contributed by atoms with Crippen LogP contribution in [0.4, 0.5) is 0 Å². The molecule has 0 aromatic heterocycles. The molecule has 88 valence electrons. The van der Waals surface area contributed by atoms with Crippen LogP contribution in [0.1, 0.15) is 17.3 Å². The Bertz CT molecular complexity index is 376. The van der Waals surface area contributed by atoms with E-state index < -0.39 is 0 Å². The SMILES string of the molecule is CNC(NC)c1cc2c(cc1C)OCCO2. The van der Waals surface area contributed by atoms with Crippen molar-refractivity contribution in [2.45, 2.75) is 13.1 Å². The molecular formula is C12H18N2O2. The largest absolute Gasteiger partial charge is 0.486 e. The van der Waals surface area contributed by atoms with Gasteiger partial charge in [0, 0.05) is 0 Å². The molecule has 1 aliphatic rings. The van der Waals surface area contributed by atoms with Crippen molar-refractivity contribution in [3.63, 3.8) is 0 Å². The smallest absolute Gasteiger partial charge is 0.161 e. The highest BCUT2D eigenvalue weighted by Crippen LogP contribution is 2.34. The molecule has 0 saturated carbocycles. The maximum Gasteiger partial charge on any atom is 0.161 e. The van der Waals surface area contributed by atoms with Crippen molar-refractivity contribution >= 4 is 0 Å². The van der Waals surface area contributed by atoms with Crippen molar-refractivity contribution < 1.29 is 9.47 Å². The second kappa shape index (κ2) is 4.72. The highest BCUT2D eigenvalue weighted by molar-refractivity contribution is 5.48. The molecule has 0 unspecified atom stereocenters. The van der Waals surface area contributed by atoms with Crippen molar-refractivity contribution in [3.8, 4) is 11.5 Å². The molecule has 0 atom stereocenters. The molecule has 0 bridgehead atoms. The van der Waals surface area contributed by atoms with Gasteiger partial charge in [-0.05, 0) is 44.3 Å². The second-order valence-corrected chi connectivity index (χ2v) is 3.86. The Kier molecular flexibility index (Phi) is 3.31. The number of rotatable bonds is 3. The Hall–Kier alpha value is -1.26. The number of nitrogens with one attached hydrogen (secondary N) is 2. The number of aryl methyl sites for hydroxylation is 1. The van der Waals surface area contributed by atoms with E-state index in [9.17, 15) is 0 Å². The summed E-state index contributed by atoms with van der Waals surface area (Å²) in [6.45, 7) is 3.34. The summed E-state index contributed by atoms with van der Waals surface area (Å²) in [4.78, 5) is 0. The third kappa shape index (κ3) is 1.99. The zero-order chi connectivity index (χ0) is 11.5. The summed E-state index contributed by atoms with van der Waals surface area (Å²) in [5.74, 6) is 1.68. The third-order valence-electron chi connectivity index (χ3n) is 2.82. The first kappa shape index (κ1) is 11.2. The van der Waals surface area contributed by atoms with E-state index in [4.69, 9.17) is 9.47 Å². The highest BCUT2D eigenvalue weighted by Gasteiger charge is 2.17. The molecule has 2 rings (SSSR count). The molecule has 2 N–H and O–H groups in total. The molecule has 4 heteroatoms. The molecule has 0 amide bonds. The van der Waals surface area contributed by atoms with Gasteiger partial charge in [0.15, 0.2) is 11.5 Å². The minimum absolute atomic E-state index is 0.135. The van der Waals surface area contributed by atoms with Crippen molar-refractivity contribution in [1.29, 1.82) is 0 Å². The summed E-state index contributed by atoms with van der Waals surface area (Å²) in [7, 11) is 3.86. The minimum atomic E-state index is 0.135. The molecule has 0 saturated heterocycles. The van der Waals surface area contributed by atoms with Crippen LogP contribution in [0.25, 0.3) is 0 Å². The lowest BCUT2D eigenvalue weighted by Gasteiger charge is -2.23. The third-order valence-corrected chi connectivity index (χ3v) is 2.82. The van der Waals surface area contributed by atoms with Gasteiger partial charge in [-0.3, -0.25) is 0 Å². The van der Waals surface area contributed by atoms with E-state index in [1.54, 1.807) is 0 Å². The first-order valence-corrected chi connectivity index (χ1v) is 5.51. The standard InChI is InChI=1S/C12H18N2O2/c1-8-6-10-11(16-5-4-15-10)7-9(8)12(13-2)14-3/h6-7,12-14H,4-5H2,1-3H3. The fourth-order valence-corrected chi connectivity index (χ4v) is 1.97. The summed E-state index contributed by atoms with van der Waals surface area (Å²) in [6.07, 6.45) is 0.135. The molecule has 1 aromatic rings. The van der Waals surface area contributed by atoms with Gasteiger partial charge in [-0.25, -0.2) is 0 Å². The first-order chi connectivity index (χ1) is 7.76. The average molecular weight is 222 g/mol. The van der Waals surface area contributed by atoms with Gasteiger partial charge in [-0.15, -0.1) is 0 Å². The zero-order valence-electron chi connectivity index (χ0n) is 9.96. The minimum Gasteiger partial charge on any atom is -0.486 e. The Balaban J connectivity index is 2.38. The quantitative estimate of drug-likeness (QED) is 0.754. The van der Waals surface area contributed by atoms with Crippen molar-refractivity contribution in [3.05, 3.63) is 23.3 Å². The summed E-state index contributed by atoms with van der Waals surface area (Å²) >= 11 is 0. The van der Waals surface area contributed by atoms with Gasteiger partial charge in [0.25, 0.3) is 0 Å². The van der Waals surface area contributed by atoms with E-state index in [2.05, 4.69) is 17.6 Å². The molecule has 1 aliphatic heterocycles. The van der Waals surface area contributed by atoms with Crippen LogP contribution in [0.2, 0.25) is 0 Å². The van der Waals surface area contributed by atoms with Crippen molar-refractivity contribution in [2.75, 3.05) is 27.3 Å². The second-order valence-electron chi connectivity index (χ2n) is 3.86. The van der Waals surface area contributed by atoms with Crippen LogP contribution in [0.15, 0.2) is 12.1 Å². The molecule has 0 spiro atoms. The summed E-state index contributed by atoms with van der Waals surface area (Å²) in [5, 5.41) is 6.42. The van der Waals surface area contributed by atoms with Gasteiger partial charge in [0.05, 0.1) is 6.17 Å². The van der Waals surface area contributed by atoms with E-state index in [0.717, 1.165) is 11.5 Å². The fraction of sp³-hybridized carbons (Fsp3) is 0.500. The summed E-state index contributed by atoms with van der Waals surface area (Å²) in [5.41, 5.74) is 2.38. The normalized spacial score (nSPS) is 14.2. The Morgan fingerprint density at radius 1 is 1.06 bits per heavy atom. The van der Waals surface area contributed by atoms with E-state index >= 15 is 0 Å². The fourth-order valence-electron chi connectivity index (χ4n) is 1.97. The molecule has 4 nitrogen and oxygen atoms in total. The van der Waals surface area contributed by atoms with Gasteiger partial charge in [-0.1, -0.05) is 0 Å². The number of hydrogen-bond acceptors (Lipinski definition) is 4. The lowest BCUT2D eigenvalue weighted by Crippen LogP contribution is -2.29. The van der Waals surface area contributed by atoms with E-state index in [-0.39, 0.29) is 6.17 Å². The van der Waals surface area contributed by atoms with Gasteiger partial charge in [0.1, 0.15) is 13.2 Å². The topological polar surface area (TPSA) is 42.5 Å². The summed E-state index contributed by atoms with van der Waals surface area (Å²) in [6, 6.07) is 4.08. The summed E-state index contributed by atoms with van der Waals surface area (Å²) < 4.78 is 11.1. The van der Waals surface area contributed by atoms with E-state index in [1.807, 2.05) is 26.2 Å². The maximum atomic E-state index is 5.58. The van der Waals surface area contributed by atoms with Crippen LogP contribution in [0, 0.1) is 6.92 Å². The molecule has 16 heavy (non-hydrogen) atoms. The van der Waals surface area contributed by atoms with Gasteiger partial charge >= 0.3 is 0 Å². The van der Waals surface area contributed by atoms with E-state index in [0.29, 0.717) is 13.2 Å². The van der Waals surface area contributed by atoms with Crippen LogP contribution in [0.3, 0.4) is 0 Å². The molecule has 0 radical (unpaired) electrons. The molecular weight excluding hydrogens is 204 g/mol. The lowest BCUT2D eigenvalue weighted by molar-refractivity contribution is 0.171. The number of fused-ring (bicyclic) bond motifs is 1. The van der Waals surface area contributed by atoms with Crippen LogP contribution in [0.5, 0.6) is 11.5 Å². The van der Waals surface area contributed by atoms with E-state index in [1.165, 1.54) is 11.1 Å². The lowest BCUT2D eigenvalue weighted by atomic mass is 10.0. The van der Waals surface area contributed by atoms with Crippen LogP contribution in [-0.2, 0) is 0 Å². The molecule has 0 aliphatic carbocycles. The molecule has 0 fully saturated rings. The number of ether oxygens (including phenoxy) is 2. The van der Waals surface area contributed by atoms with Crippen molar-refractivity contribution in [2.24, 2.45) is 0 Å². The van der Waals surface area contributed by atoms with Crippen molar-refractivity contribution in [1.82, 2.24) is 10.6 Å². The number of hydrogen-bond donors (Lipinski definition) is 2. The van der Waals surface area contributed by atoms with Gasteiger partial charge < -0.3 is 20.1 Å². The maximum absolute atomic E-state index is 5.58. The Labute approximate surface area is 95.9 Å². The van der Waals surface area contributed by atoms with Gasteiger partial charge in [0.2, 0.25) is 0 Å². The highest BCUT2D eigenvalue weighted by atomic mass is 16.6. The predicted molar refractivity (Wildman–Crippen MR) is 63.0 cm³/mol. The van der Waals surface area contributed by atoms with Crippen LogP contribution in [-0.4, -0.2) is 27.3 Å². The predicted octanol–water partition coefficient (Wildman–Crippen LogP) is 1.20. The first-order valence-electron chi connectivity index (χ1n) is 5.51. The van der Waals surface area contributed by atoms with Gasteiger partial charge in [-0.2, -0.15) is 0 Å². The van der Waals surface area contributed by atoms with Crippen LogP contribution >= 0.6 is 0 Å². The zero-order valence-corrected chi connectivity index (χ0v) is 9.96. The average Bonchev–Trinajstić information content (AvgIpc) is 2.31. The molecule has 1 heterocycles. The van der Waals surface area contributed by atoms with Crippen LogP contribution < -0.4 is 20.1 Å². The monoisotopic (exact) mass is 222 g/mol. The Morgan fingerprint density at radius 3 is 2.19 bits per heavy atom. The molecule has 1 aromatic carbocycles.